The molecule has 8 aromatic carbocycles. The van der Waals surface area contributed by atoms with E-state index in [4.69, 9.17) is 0 Å². The normalized spacial score (nSPS) is 11.6. The molecule has 0 radical (unpaired) electrons. The van der Waals surface area contributed by atoms with Crippen molar-refractivity contribution in [3.63, 3.8) is 0 Å². The van der Waals surface area contributed by atoms with Crippen molar-refractivity contribution < 1.29 is 0 Å². The molecular formula is C58H51N3. The number of hydrogen-bond acceptors (Lipinski definition) is 2. The van der Waals surface area contributed by atoms with Gasteiger partial charge in [0.1, 0.15) is 0 Å². The summed E-state index contributed by atoms with van der Waals surface area (Å²) in [5.74, 6) is 0. The van der Waals surface area contributed by atoms with Crippen LogP contribution in [-0.4, -0.2) is 4.57 Å². The summed E-state index contributed by atoms with van der Waals surface area (Å²) in [6.45, 7) is 3.30. The van der Waals surface area contributed by atoms with Crippen molar-refractivity contribution in [1.82, 2.24) is 4.57 Å². The van der Waals surface area contributed by atoms with Crippen LogP contribution in [0, 0.1) is 0 Å². The summed E-state index contributed by atoms with van der Waals surface area (Å²) in [7, 11) is 0. The Labute approximate surface area is 360 Å². The standard InChI is InChI=1S/C58H51N3/c1-2-3-4-17-42-59-57-40-34-47(28-26-45-30-36-53(37-31-45)60(49-18-9-5-10-19-49)50-20-11-6-12-21-50)43-55(57)56-44-48(35-41-58(56)59)29-27-46-32-38-54(39-33-46)61(51-22-13-7-14-23-51)52-24-15-8-16-25-52/h5-16,18-41,43-44H,2-4,17,42H2,1H3/b28-26+,29-27+. The quantitative estimate of drug-likeness (QED) is 0.0757. The zero-order valence-electron chi connectivity index (χ0n) is 34.8. The van der Waals surface area contributed by atoms with E-state index in [1.54, 1.807) is 0 Å². The van der Waals surface area contributed by atoms with Gasteiger partial charge in [-0.3, -0.25) is 0 Å². The van der Waals surface area contributed by atoms with Crippen LogP contribution in [0.2, 0.25) is 0 Å². The Morgan fingerprint density at radius 1 is 0.344 bits per heavy atom. The number of aromatic nitrogens is 1. The molecule has 298 valence electrons. The Bertz CT molecular complexity index is 2590. The van der Waals surface area contributed by atoms with E-state index < -0.39 is 0 Å². The Morgan fingerprint density at radius 3 is 1.03 bits per heavy atom. The molecule has 0 spiro atoms. The minimum Gasteiger partial charge on any atom is -0.340 e. The molecule has 0 bridgehead atoms. The van der Waals surface area contributed by atoms with Crippen LogP contribution in [0.4, 0.5) is 34.1 Å². The van der Waals surface area contributed by atoms with Crippen LogP contribution < -0.4 is 9.80 Å². The zero-order valence-corrected chi connectivity index (χ0v) is 34.8. The molecule has 0 fully saturated rings. The molecule has 9 rings (SSSR count). The Kier molecular flexibility index (Phi) is 12.0. The smallest absolute Gasteiger partial charge is 0.0491 e. The number of fused-ring (bicyclic) bond motifs is 3. The van der Waals surface area contributed by atoms with Gasteiger partial charge >= 0.3 is 0 Å². The lowest BCUT2D eigenvalue weighted by molar-refractivity contribution is 0.602. The fourth-order valence-corrected chi connectivity index (χ4v) is 8.34. The van der Waals surface area contributed by atoms with Gasteiger partial charge in [-0.2, -0.15) is 0 Å². The van der Waals surface area contributed by atoms with Crippen molar-refractivity contribution in [3.05, 3.63) is 229 Å². The fraction of sp³-hybridized carbons (Fsp3) is 0.103. The molecule has 0 aliphatic rings. The van der Waals surface area contributed by atoms with E-state index in [1.807, 2.05) is 0 Å². The minimum absolute atomic E-state index is 1.02. The molecule has 9 aromatic rings. The minimum atomic E-state index is 1.02. The molecule has 3 heteroatoms. The lowest BCUT2D eigenvalue weighted by Crippen LogP contribution is -2.09. The predicted molar refractivity (Wildman–Crippen MR) is 264 cm³/mol. The number of nitrogens with zero attached hydrogens (tertiary/aromatic N) is 3. The van der Waals surface area contributed by atoms with Gasteiger partial charge in [0.2, 0.25) is 0 Å². The first kappa shape index (κ1) is 39.1. The second-order valence-electron chi connectivity index (χ2n) is 15.6. The van der Waals surface area contributed by atoms with Crippen LogP contribution in [0.5, 0.6) is 0 Å². The number of hydrogen-bond donors (Lipinski definition) is 0. The second kappa shape index (κ2) is 18.7. The molecule has 0 aliphatic heterocycles. The highest BCUT2D eigenvalue weighted by Crippen LogP contribution is 2.37. The fourth-order valence-electron chi connectivity index (χ4n) is 8.34. The van der Waals surface area contributed by atoms with Gasteiger partial charge in [0.05, 0.1) is 0 Å². The van der Waals surface area contributed by atoms with E-state index >= 15 is 0 Å². The van der Waals surface area contributed by atoms with Gasteiger partial charge in [-0.15, -0.1) is 0 Å². The average molecular weight is 790 g/mol. The van der Waals surface area contributed by atoms with Crippen molar-refractivity contribution in [2.75, 3.05) is 9.80 Å². The highest BCUT2D eigenvalue weighted by molar-refractivity contribution is 6.09. The molecule has 1 aromatic heterocycles. The SMILES string of the molecule is CCCCCCn1c2ccc(/C=C/c3ccc(N(c4ccccc4)c4ccccc4)cc3)cc2c2cc(/C=C/c3ccc(N(c4ccccc4)c4ccccc4)cc3)ccc21. The van der Waals surface area contributed by atoms with Crippen LogP contribution in [0.3, 0.4) is 0 Å². The van der Waals surface area contributed by atoms with Gasteiger partial charge in [0, 0.05) is 62.5 Å². The van der Waals surface area contributed by atoms with Crippen molar-refractivity contribution in [2.24, 2.45) is 0 Å². The number of unbranched alkanes of at least 4 members (excludes halogenated alkanes) is 3. The summed E-state index contributed by atoms with van der Waals surface area (Å²) in [6, 6.07) is 73.8. The highest BCUT2D eigenvalue weighted by Gasteiger charge is 2.14. The van der Waals surface area contributed by atoms with Gasteiger partial charge < -0.3 is 14.4 Å². The van der Waals surface area contributed by atoms with Gasteiger partial charge in [-0.1, -0.05) is 160 Å². The molecule has 1 heterocycles. The molecule has 3 nitrogen and oxygen atoms in total. The predicted octanol–water partition coefficient (Wildman–Crippen LogP) is 16.7. The zero-order chi connectivity index (χ0) is 41.2. The number of benzene rings is 8. The van der Waals surface area contributed by atoms with Gasteiger partial charge in [0.15, 0.2) is 0 Å². The lowest BCUT2D eigenvalue weighted by Gasteiger charge is -2.25. The number of para-hydroxylation sites is 4. The first-order valence-electron chi connectivity index (χ1n) is 21.6. The van der Waals surface area contributed by atoms with Crippen molar-refractivity contribution >= 4 is 80.2 Å². The van der Waals surface area contributed by atoms with Crippen LogP contribution >= 0.6 is 0 Å². The van der Waals surface area contributed by atoms with Gasteiger partial charge in [-0.05, 0) is 126 Å². The molecule has 0 aliphatic carbocycles. The number of rotatable bonds is 15. The maximum atomic E-state index is 2.54. The Morgan fingerprint density at radius 2 is 0.672 bits per heavy atom. The molecule has 61 heavy (non-hydrogen) atoms. The van der Waals surface area contributed by atoms with Crippen molar-refractivity contribution in [2.45, 2.75) is 39.2 Å². The Balaban J connectivity index is 0.987. The molecular weight excluding hydrogens is 739 g/mol. The van der Waals surface area contributed by atoms with Crippen LogP contribution in [0.1, 0.15) is 54.9 Å². The lowest BCUT2D eigenvalue weighted by atomic mass is 10.0. The van der Waals surface area contributed by atoms with E-state index in [-0.39, 0.29) is 0 Å². The molecule has 0 unspecified atom stereocenters. The van der Waals surface area contributed by atoms with Gasteiger partial charge in [-0.25, -0.2) is 0 Å². The van der Waals surface area contributed by atoms with Crippen LogP contribution in [0.25, 0.3) is 46.1 Å². The summed E-state index contributed by atoms with van der Waals surface area (Å²) in [6.07, 6.45) is 13.9. The third kappa shape index (κ3) is 8.98. The van der Waals surface area contributed by atoms with E-state index in [2.05, 4.69) is 252 Å². The second-order valence-corrected chi connectivity index (χ2v) is 15.6. The van der Waals surface area contributed by atoms with Gasteiger partial charge in [0.25, 0.3) is 0 Å². The van der Waals surface area contributed by atoms with E-state index in [0.29, 0.717) is 0 Å². The molecule has 0 N–H and O–H groups in total. The van der Waals surface area contributed by atoms with Crippen LogP contribution in [-0.2, 0) is 6.54 Å². The third-order valence-corrected chi connectivity index (χ3v) is 11.4. The highest BCUT2D eigenvalue weighted by atomic mass is 15.1. The molecule has 0 amide bonds. The largest absolute Gasteiger partial charge is 0.340 e. The van der Waals surface area contributed by atoms with Crippen LogP contribution in [0.15, 0.2) is 206 Å². The maximum absolute atomic E-state index is 2.54. The summed E-state index contributed by atoms with van der Waals surface area (Å²) in [5, 5.41) is 2.59. The number of aryl methyl sites for hydroxylation is 1. The monoisotopic (exact) mass is 789 g/mol. The summed E-state index contributed by atoms with van der Waals surface area (Å²) < 4.78 is 2.54. The maximum Gasteiger partial charge on any atom is 0.0491 e. The molecule has 0 atom stereocenters. The average Bonchev–Trinajstić information content (AvgIpc) is 3.63. The molecule has 0 saturated heterocycles. The first-order valence-corrected chi connectivity index (χ1v) is 21.6. The van der Waals surface area contributed by atoms with Crippen molar-refractivity contribution in [1.29, 1.82) is 0 Å². The summed E-state index contributed by atoms with van der Waals surface area (Å²) in [4.78, 5) is 4.59. The van der Waals surface area contributed by atoms with Crippen molar-refractivity contribution in [3.8, 4) is 0 Å². The van der Waals surface area contributed by atoms with E-state index in [9.17, 15) is 0 Å². The third-order valence-electron chi connectivity index (χ3n) is 11.4. The molecule has 0 saturated carbocycles. The van der Waals surface area contributed by atoms with E-state index in [0.717, 1.165) is 51.8 Å². The Hall–Kier alpha value is -7.36. The summed E-state index contributed by atoms with van der Waals surface area (Å²) in [5.41, 5.74) is 14.1. The number of anilines is 6. The van der Waals surface area contributed by atoms with E-state index in [1.165, 1.54) is 58.6 Å². The topological polar surface area (TPSA) is 11.4 Å². The summed E-state index contributed by atoms with van der Waals surface area (Å²) >= 11 is 0. The first-order chi connectivity index (χ1) is 30.2.